The van der Waals surface area contributed by atoms with Crippen LogP contribution in [0, 0.1) is 23.6 Å². The van der Waals surface area contributed by atoms with Crippen LogP contribution >= 0.6 is 0 Å². The van der Waals surface area contributed by atoms with Gasteiger partial charge in [-0.2, -0.15) is 13.2 Å². The number of hydrogen-bond acceptors (Lipinski definition) is 6. The van der Waals surface area contributed by atoms with E-state index in [-0.39, 0.29) is 46.4 Å². The number of piperidine rings is 1. The lowest BCUT2D eigenvalue weighted by Crippen LogP contribution is -2.53. The number of aromatic nitrogens is 2. The molecular weight excluding hydrogens is 635 g/mol. The molecule has 0 radical (unpaired) electrons. The van der Waals surface area contributed by atoms with E-state index in [1.165, 1.54) is 32.4 Å². The fourth-order valence-corrected chi connectivity index (χ4v) is 6.55. The first-order valence-corrected chi connectivity index (χ1v) is 15.9. The maximum Gasteiger partial charge on any atom is 0.406 e. The molecule has 258 valence electrons. The lowest BCUT2D eigenvalue weighted by molar-refractivity contribution is -0.140. The highest BCUT2D eigenvalue weighted by Gasteiger charge is 2.34. The monoisotopic (exact) mass is 674 g/mol. The zero-order valence-corrected chi connectivity index (χ0v) is 27.0. The van der Waals surface area contributed by atoms with E-state index in [4.69, 9.17) is 4.74 Å². The molecule has 3 aromatic rings. The summed E-state index contributed by atoms with van der Waals surface area (Å²) < 4.78 is 74.4. The van der Waals surface area contributed by atoms with Crippen molar-refractivity contribution in [2.75, 3.05) is 39.1 Å². The van der Waals surface area contributed by atoms with Gasteiger partial charge < -0.3 is 25.3 Å². The number of imidazole rings is 1. The Balaban J connectivity index is 1.35. The molecule has 2 heterocycles. The first-order chi connectivity index (χ1) is 22.9. The normalized spacial score (nSPS) is 21.7. The van der Waals surface area contributed by atoms with E-state index in [1.807, 2.05) is 6.92 Å². The zero-order valence-electron chi connectivity index (χ0n) is 27.0. The standard InChI is InChI=1S/C34H39F5N6O3/c1-20-17-44(23-8-6-22(35)7-9-23)12-10-27(20)43-33(47)25-13-21(14-29-31(25)42-19-45(29)18-34(37,38)39)5-4-11-41-28-15-24(32(46)40-2)26(36)16-30(28)48-3/h13-16,19-20,22-23,27,41H,6-12,17-18H2,1-3H3,(H,40,46)(H,43,47)/t20-,22?,23?,27-/m0/s1. The second kappa shape index (κ2) is 14.8. The van der Waals surface area contributed by atoms with Gasteiger partial charge in [0.25, 0.3) is 11.8 Å². The Morgan fingerprint density at radius 3 is 2.48 bits per heavy atom. The molecule has 1 saturated carbocycles. The predicted octanol–water partition coefficient (Wildman–Crippen LogP) is 5.29. The van der Waals surface area contributed by atoms with Gasteiger partial charge in [-0.15, -0.1) is 0 Å². The molecule has 1 aliphatic heterocycles. The molecule has 0 unspecified atom stereocenters. The molecule has 1 saturated heterocycles. The van der Waals surface area contributed by atoms with E-state index in [0.717, 1.165) is 42.9 Å². The maximum absolute atomic E-state index is 14.4. The van der Waals surface area contributed by atoms with Crippen LogP contribution in [-0.2, 0) is 6.54 Å². The summed E-state index contributed by atoms with van der Waals surface area (Å²) in [5.74, 6) is 4.16. The predicted molar refractivity (Wildman–Crippen MR) is 171 cm³/mol. The smallest absolute Gasteiger partial charge is 0.406 e. The Hall–Kier alpha value is -4.38. The van der Waals surface area contributed by atoms with Crippen molar-refractivity contribution in [1.82, 2.24) is 25.1 Å². The summed E-state index contributed by atoms with van der Waals surface area (Å²) in [6.07, 6.45) is -0.717. The average Bonchev–Trinajstić information content (AvgIpc) is 3.44. The number of likely N-dealkylation sites (tertiary alicyclic amines) is 1. The number of alkyl halides is 4. The Labute approximate surface area is 275 Å². The number of carbonyl (C=O) groups excluding carboxylic acids is 2. The molecule has 3 N–H and O–H groups in total. The molecule has 2 atom stereocenters. The average molecular weight is 675 g/mol. The van der Waals surface area contributed by atoms with Crippen molar-refractivity contribution in [2.45, 2.75) is 70.0 Å². The number of amides is 2. The van der Waals surface area contributed by atoms with Crippen LogP contribution in [0.1, 0.15) is 65.3 Å². The van der Waals surface area contributed by atoms with Crippen LogP contribution in [0.3, 0.4) is 0 Å². The number of fused-ring (bicyclic) bond motifs is 1. The van der Waals surface area contributed by atoms with Crippen LogP contribution in [-0.4, -0.2) is 84.5 Å². The number of nitrogens with one attached hydrogen (secondary N) is 3. The Kier molecular flexibility index (Phi) is 10.8. The highest BCUT2D eigenvalue weighted by atomic mass is 19.4. The van der Waals surface area contributed by atoms with Crippen molar-refractivity contribution in [3.8, 4) is 17.6 Å². The minimum absolute atomic E-state index is 0.000373. The summed E-state index contributed by atoms with van der Waals surface area (Å²) in [6, 6.07) is 5.49. The summed E-state index contributed by atoms with van der Waals surface area (Å²) in [6.45, 7) is 2.27. The highest BCUT2D eigenvalue weighted by molar-refractivity contribution is 6.05. The van der Waals surface area contributed by atoms with Gasteiger partial charge in [-0.05, 0) is 56.2 Å². The van der Waals surface area contributed by atoms with E-state index >= 15 is 0 Å². The van der Waals surface area contributed by atoms with Crippen LogP contribution in [0.4, 0.5) is 27.6 Å². The van der Waals surface area contributed by atoms with Crippen LogP contribution in [0.15, 0.2) is 30.6 Å². The van der Waals surface area contributed by atoms with E-state index in [2.05, 4.69) is 37.7 Å². The van der Waals surface area contributed by atoms with E-state index in [0.29, 0.717) is 36.6 Å². The molecule has 48 heavy (non-hydrogen) atoms. The molecule has 9 nitrogen and oxygen atoms in total. The number of halogens is 5. The molecule has 2 amide bonds. The lowest BCUT2D eigenvalue weighted by Gasteiger charge is -2.43. The van der Waals surface area contributed by atoms with Crippen molar-refractivity contribution in [1.29, 1.82) is 0 Å². The summed E-state index contributed by atoms with van der Waals surface area (Å²) in [4.78, 5) is 32.3. The second-order valence-corrected chi connectivity index (χ2v) is 12.4. The molecule has 2 aromatic carbocycles. The summed E-state index contributed by atoms with van der Waals surface area (Å²) in [5, 5.41) is 8.42. The van der Waals surface area contributed by atoms with E-state index in [9.17, 15) is 31.5 Å². The third kappa shape index (κ3) is 8.18. The minimum atomic E-state index is -4.52. The van der Waals surface area contributed by atoms with Gasteiger partial charge in [-0.3, -0.25) is 14.5 Å². The number of ether oxygens (including phenoxy) is 1. The van der Waals surface area contributed by atoms with Gasteiger partial charge in [0.2, 0.25) is 0 Å². The summed E-state index contributed by atoms with van der Waals surface area (Å²) in [7, 11) is 2.72. The zero-order chi connectivity index (χ0) is 34.6. The number of anilines is 1. The van der Waals surface area contributed by atoms with Crippen molar-refractivity contribution in [3.05, 3.63) is 53.1 Å². The Bertz CT molecular complexity index is 1710. The largest absolute Gasteiger partial charge is 0.494 e. The van der Waals surface area contributed by atoms with Crippen molar-refractivity contribution in [3.63, 3.8) is 0 Å². The molecule has 0 spiro atoms. The molecular formula is C34H39F5N6O3. The van der Waals surface area contributed by atoms with Crippen LogP contribution in [0.25, 0.3) is 11.0 Å². The molecule has 2 fully saturated rings. The number of nitrogens with zero attached hydrogens (tertiary/aromatic N) is 3. The number of hydrogen-bond donors (Lipinski definition) is 3. The fourth-order valence-electron chi connectivity index (χ4n) is 6.55. The van der Waals surface area contributed by atoms with Gasteiger partial charge in [0.05, 0.1) is 42.3 Å². The number of benzene rings is 2. The first-order valence-electron chi connectivity index (χ1n) is 15.9. The summed E-state index contributed by atoms with van der Waals surface area (Å²) >= 11 is 0. The third-order valence-corrected chi connectivity index (χ3v) is 9.08. The molecule has 5 rings (SSSR count). The minimum Gasteiger partial charge on any atom is -0.494 e. The molecule has 2 aliphatic rings. The van der Waals surface area contributed by atoms with Crippen molar-refractivity contribution < 1.29 is 36.3 Å². The van der Waals surface area contributed by atoms with Gasteiger partial charge in [0.1, 0.15) is 29.8 Å². The number of rotatable bonds is 8. The maximum atomic E-state index is 14.4. The summed E-state index contributed by atoms with van der Waals surface area (Å²) in [5.41, 5.74) is 0.752. The van der Waals surface area contributed by atoms with Gasteiger partial charge >= 0.3 is 6.18 Å². The van der Waals surface area contributed by atoms with Gasteiger partial charge in [0, 0.05) is 43.9 Å². The quantitative estimate of drug-likeness (QED) is 0.222. The van der Waals surface area contributed by atoms with E-state index < -0.39 is 36.5 Å². The third-order valence-electron chi connectivity index (χ3n) is 9.08. The van der Waals surface area contributed by atoms with Gasteiger partial charge in [-0.25, -0.2) is 13.8 Å². The molecule has 1 aliphatic carbocycles. The topological polar surface area (TPSA) is 101 Å². The SMILES string of the molecule is CNC(=O)c1cc(NCC#Cc2cc(C(=O)N[C@H]3CCN(C4CCC(F)CC4)C[C@@H]3C)c3ncn(CC(F)(F)F)c3c2)c(OC)cc1F. The highest BCUT2D eigenvalue weighted by Crippen LogP contribution is 2.30. The Morgan fingerprint density at radius 2 is 1.81 bits per heavy atom. The second-order valence-electron chi connectivity index (χ2n) is 12.4. The van der Waals surface area contributed by atoms with Gasteiger partial charge in [0.15, 0.2) is 0 Å². The van der Waals surface area contributed by atoms with Crippen LogP contribution in [0.2, 0.25) is 0 Å². The van der Waals surface area contributed by atoms with Crippen molar-refractivity contribution >= 4 is 28.5 Å². The lowest BCUT2D eigenvalue weighted by atomic mass is 9.87. The van der Waals surface area contributed by atoms with Crippen LogP contribution in [0.5, 0.6) is 5.75 Å². The Morgan fingerprint density at radius 1 is 1.06 bits per heavy atom. The van der Waals surface area contributed by atoms with E-state index in [1.54, 1.807) is 0 Å². The molecule has 0 bridgehead atoms. The van der Waals surface area contributed by atoms with Crippen molar-refractivity contribution in [2.24, 2.45) is 5.92 Å². The fraction of sp³-hybridized carbons (Fsp3) is 0.500. The molecule has 1 aromatic heterocycles. The van der Waals surface area contributed by atoms with Crippen LogP contribution < -0.4 is 20.7 Å². The molecule has 14 heteroatoms. The van der Waals surface area contributed by atoms with Gasteiger partial charge in [-0.1, -0.05) is 18.8 Å². The first kappa shape index (κ1) is 34.9. The number of carbonyl (C=O) groups is 2. The number of methoxy groups -OCH3 is 1.